The third kappa shape index (κ3) is 4.46. The van der Waals surface area contributed by atoms with Gasteiger partial charge in [-0.1, -0.05) is 18.5 Å². The number of aromatic nitrogens is 2. The SMILES string of the molecule is CCc1cc2c(N3CCN(C(=O)COc4ccc(Cl)cc4)CC3)nc(C)nc2s1. The number of carbonyl (C=O) groups excluding carboxylic acids is 1. The van der Waals surface area contributed by atoms with Crippen molar-refractivity contribution in [1.29, 1.82) is 0 Å². The van der Waals surface area contributed by atoms with E-state index in [0.717, 1.165) is 41.4 Å². The molecule has 1 aliphatic rings. The standard InChI is InChI=1S/C21H23ClN4O2S/c1-3-17-12-18-20(23-14(2)24-21(18)29-17)26-10-8-25(9-11-26)19(27)13-28-16-6-4-15(22)5-7-16/h4-7,12H,3,8-11,13H2,1-2H3. The molecule has 8 heteroatoms. The maximum Gasteiger partial charge on any atom is 0.260 e. The zero-order chi connectivity index (χ0) is 20.4. The van der Waals surface area contributed by atoms with Crippen molar-refractivity contribution in [3.05, 3.63) is 46.1 Å². The van der Waals surface area contributed by atoms with Gasteiger partial charge in [-0.05, 0) is 43.7 Å². The third-order valence-electron chi connectivity index (χ3n) is 4.99. The zero-order valence-corrected chi connectivity index (χ0v) is 18.1. The van der Waals surface area contributed by atoms with E-state index in [-0.39, 0.29) is 12.5 Å². The molecule has 1 fully saturated rings. The molecule has 2 aromatic heterocycles. The van der Waals surface area contributed by atoms with Gasteiger partial charge in [0.1, 0.15) is 22.2 Å². The average Bonchev–Trinajstić information content (AvgIpc) is 3.15. The van der Waals surface area contributed by atoms with Crippen molar-refractivity contribution in [1.82, 2.24) is 14.9 Å². The van der Waals surface area contributed by atoms with Crippen LogP contribution in [-0.4, -0.2) is 53.6 Å². The van der Waals surface area contributed by atoms with Gasteiger partial charge >= 0.3 is 0 Å². The van der Waals surface area contributed by atoms with Crippen LogP contribution in [0.15, 0.2) is 30.3 Å². The van der Waals surface area contributed by atoms with E-state index in [2.05, 4.69) is 22.9 Å². The summed E-state index contributed by atoms with van der Waals surface area (Å²) in [4.78, 5) is 28.3. The van der Waals surface area contributed by atoms with Crippen molar-refractivity contribution in [2.24, 2.45) is 0 Å². The fourth-order valence-electron chi connectivity index (χ4n) is 3.41. The predicted molar refractivity (Wildman–Crippen MR) is 117 cm³/mol. The van der Waals surface area contributed by atoms with Gasteiger partial charge in [0.05, 0.1) is 5.39 Å². The van der Waals surface area contributed by atoms with E-state index in [9.17, 15) is 4.79 Å². The average molecular weight is 431 g/mol. The first-order valence-electron chi connectivity index (χ1n) is 9.71. The Morgan fingerprint density at radius 3 is 2.59 bits per heavy atom. The molecule has 0 N–H and O–H groups in total. The highest BCUT2D eigenvalue weighted by Crippen LogP contribution is 2.31. The van der Waals surface area contributed by atoms with Crippen LogP contribution < -0.4 is 9.64 Å². The Morgan fingerprint density at radius 2 is 1.90 bits per heavy atom. The fraction of sp³-hybridized carbons (Fsp3) is 0.381. The van der Waals surface area contributed by atoms with Crippen LogP contribution in [-0.2, 0) is 11.2 Å². The van der Waals surface area contributed by atoms with E-state index >= 15 is 0 Å². The molecule has 3 aromatic rings. The molecule has 6 nitrogen and oxygen atoms in total. The predicted octanol–water partition coefficient (Wildman–Crippen LogP) is 3.94. The van der Waals surface area contributed by atoms with Gasteiger partial charge < -0.3 is 14.5 Å². The summed E-state index contributed by atoms with van der Waals surface area (Å²) in [5.74, 6) is 2.40. The van der Waals surface area contributed by atoms with Crippen LogP contribution in [0.1, 0.15) is 17.6 Å². The van der Waals surface area contributed by atoms with Gasteiger partial charge in [-0.2, -0.15) is 0 Å². The molecule has 1 aliphatic heterocycles. The highest BCUT2D eigenvalue weighted by molar-refractivity contribution is 7.18. The van der Waals surface area contributed by atoms with Gasteiger partial charge in [0, 0.05) is 36.1 Å². The minimum absolute atomic E-state index is 0.00702. The molecule has 0 unspecified atom stereocenters. The monoisotopic (exact) mass is 430 g/mol. The van der Waals surface area contributed by atoms with Gasteiger partial charge in [0.25, 0.3) is 5.91 Å². The lowest BCUT2D eigenvalue weighted by molar-refractivity contribution is -0.133. The maximum atomic E-state index is 12.5. The Balaban J connectivity index is 1.39. The number of piperazine rings is 1. The number of carbonyl (C=O) groups is 1. The van der Waals surface area contributed by atoms with Crippen LogP contribution in [0, 0.1) is 6.92 Å². The summed E-state index contributed by atoms with van der Waals surface area (Å²) in [5, 5.41) is 1.76. The number of hydrogen-bond acceptors (Lipinski definition) is 6. The van der Waals surface area contributed by atoms with E-state index in [1.54, 1.807) is 35.6 Å². The van der Waals surface area contributed by atoms with Crippen molar-refractivity contribution in [3.8, 4) is 5.75 Å². The first-order valence-corrected chi connectivity index (χ1v) is 10.9. The fourth-order valence-corrected chi connectivity index (χ4v) is 4.54. The maximum absolute atomic E-state index is 12.5. The van der Waals surface area contributed by atoms with Crippen molar-refractivity contribution >= 4 is 44.9 Å². The molecule has 3 heterocycles. The van der Waals surface area contributed by atoms with Gasteiger partial charge in [-0.15, -0.1) is 11.3 Å². The number of aryl methyl sites for hydroxylation is 2. The summed E-state index contributed by atoms with van der Waals surface area (Å²) in [7, 11) is 0. The Hall–Kier alpha value is -2.38. The molecule has 0 spiro atoms. The lowest BCUT2D eigenvalue weighted by atomic mass is 10.2. The molecular formula is C21H23ClN4O2S. The first-order chi connectivity index (χ1) is 14.0. The molecule has 1 amide bonds. The molecule has 0 aliphatic carbocycles. The van der Waals surface area contributed by atoms with Crippen molar-refractivity contribution in [2.45, 2.75) is 20.3 Å². The number of nitrogens with zero attached hydrogens (tertiary/aromatic N) is 4. The Bertz CT molecular complexity index is 1010. The quantitative estimate of drug-likeness (QED) is 0.613. The van der Waals surface area contributed by atoms with E-state index in [4.69, 9.17) is 21.3 Å². The Morgan fingerprint density at radius 1 is 1.17 bits per heavy atom. The van der Waals surface area contributed by atoms with Crippen molar-refractivity contribution in [3.63, 3.8) is 0 Å². The van der Waals surface area contributed by atoms with E-state index in [1.165, 1.54) is 4.88 Å². The molecule has 152 valence electrons. The molecule has 0 saturated carbocycles. The smallest absolute Gasteiger partial charge is 0.260 e. The third-order valence-corrected chi connectivity index (χ3v) is 6.42. The van der Waals surface area contributed by atoms with Gasteiger partial charge in [0.15, 0.2) is 6.61 Å². The van der Waals surface area contributed by atoms with Crippen LogP contribution in [0.3, 0.4) is 0 Å². The zero-order valence-electron chi connectivity index (χ0n) is 16.5. The molecule has 1 aromatic carbocycles. The topological polar surface area (TPSA) is 58.6 Å². The molecule has 29 heavy (non-hydrogen) atoms. The highest BCUT2D eigenvalue weighted by atomic mass is 35.5. The minimum atomic E-state index is -0.00702. The van der Waals surface area contributed by atoms with Crippen LogP contribution in [0.4, 0.5) is 5.82 Å². The molecule has 0 radical (unpaired) electrons. The number of halogens is 1. The number of amides is 1. The van der Waals surface area contributed by atoms with E-state index < -0.39 is 0 Å². The summed E-state index contributed by atoms with van der Waals surface area (Å²) < 4.78 is 5.59. The first kappa shape index (κ1) is 19.9. The number of thiophene rings is 1. The number of ether oxygens (including phenoxy) is 1. The highest BCUT2D eigenvalue weighted by Gasteiger charge is 2.24. The number of fused-ring (bicyclic) bond motifs is 1. The van der Waals surface area contributed by atoms with Crippen molar-refractivity contribution in [2.75, 3.05) is 37.7 Å². The van der Waals surface area contributed by atoms with Gasteiger partial charge in [-0.25, -0.2) is 9.97 Å². The normalized spacial score (nSPS) is 14.4. The summed E-state index contributed by atoms with van der Waals surface area (Å²) in [5.41, 5.74) is 0. The lowest BCUT2D eigenvalue weighted by Crippen LogP contribution is -2.50. The summed E-state index contributed by atoms with van der Waals surface area (Å²) in [6.07, 6.45) is 0.995. The second-order valence-corrected chi connectivity index (χ2v) is 8.54. The Kier molecular flexibility index (Phi) is 5.87. The Labute approximate surface area is 179 Å². The molecule has 0 bridgehead atoms. The molecule has 4 rings (SSSR count). The number of benzene rings is 1. The summed E-state index contributed by atoms with van der Waals surface area (Å²) in [6, 6.07) is 9.23. The molecule has 0 atom stereocenters. The van der Waals surface area contributed by atoms with Crippen LogP contribution >= 0.6 is 22.9 Å². The van der Waals surface area contributed by atoms with Crippen molar-refractivity contribution < 1.29 is 9.53 Å². The molecular weight excluding hydrogens is 408 g/mol. The second kappa shape index (κ2) is 8.55. The number of hydrogen-bond donors (Lipinski definition) is 0. The van der Waals surface area contributed by atoms with Gasteiger partial charge in [0.2, 0.25) is 0 Å². The van der Waals surface area contributed by atoms with Crippen LogP contribution in [0.5, 0.6) is 5.75 Å². The second-order valence-electron chi connectivity index (χ2n) is 6.99. The largest absolute Gasteiger partial charge is 0.484 e. The van der Waals surface area contributed by atoms with E-state index in [1.807, 2.05) is 11.8 Å². The van der Waals surface area contributed by atoms with Crippen LogP contribution in [0.25, 0.3) is 10.2 Å². The number of anilines is 1. The molecule has 1 saturated heterocycles. The minimum Gasteiger partial charge on any atom is -0.484 e. The summed E-state index contributed by atoms with van der Waals surface area (Å²) >= 11 is 7.61. The van der Waals surface area contributed by atoms with E-state index in [0.29, 0.717) is 23.9 Å². The number of rotatable bonds is 5. The lowest BCUT2D eigenvalue weighted by Gasteiger charge is -2.35. The van der Waals surface area contributed by atoms with Crippen LogP contribution in [0.2, 0.25) is 5.02 Å². The van der Waals surface area contributed by atoms with Gasteiger partial charge in [-0.3, -0.25) is 4.79 Å². The summed E-state index contributed by atoms with van der Waals surface area (Å²) in [6.45, 7) is 6.91.